The predicted molar refractivity (Wildman–Crippen MR) is 114 cm³/mol. The van der Waals surface area contributed by atoms with Gasteiger partial charge in [0.05, 0.1) is 17.5 Å². The van der Waals surface area contributed by atoms with E-state index in [4.69, 9.17) is 4.52 Å². The molecule has 0 atom stereocenters. The average molecular weight is 428 g/mol. The summed E-state index contributed by atoms with van der Waals surface area (Å²) >= 11 is 0. The smallest absolute Gasteiger partial charge is 0.246 e. The summed E-state index contributed by atoms with van der Waals surface area (Å²) in [5.74, 6) is 0.0751. The van der Waals surface area contributed by atoms with Crippen molar-refractivity contribution in [1.29, 1.82) is 0 Å². The van der Waals surface area contributed by atoms with Crippen molar-refractivity contribution in [2.45, 2.75) is 57.5 Å². The number of aromatic nitrogens is 1. The largest absolute Gasteiger partial charge is 0.338 e. The van der Waals surface area contributed by atoms with Crippen LogP contribution >= 0.6 is 0 Å². The highest BCUT2D eigenvalue weighted by Crippen LogP contribution is 2.27. The topological polar surface area (TPSA) is 108 Å². The molecule has 9 nitrogen and oxygen atoms in total. The van der Waals surface area contributed by atoms with Gasteiger partial charge < -0.3 is 4.52 Å². The zero-order valence-electron chi connectivity index (χ0n) is 18.4. The molecule has 1 saturated heterocycles. The summed E-state index contributed by atoms with van der Waals surface area (Å²) in [5, 5.41) is 6.86. The summed E-state index contributed by atoms with van der Waals surface area (Å²) in [6.07, 6.45) is 4.36. The maximum absolute atomic E-state index is 13.0. The summed E-state index contributed by atoms with van der Waals surface area (Å²) in [6, 6.07) is 1.82. The van der Waals surface area contributed by atoms with Crippen LogP contribution in [-0.2, 0) is 20.2 Å². The second kappa shape index (κ2) is 8.53. The molecular formula is C19H33N5O4S. The lowest BCUT2D eigenvalue weighted by molar-refractivity contribution is -0.127. The lowest BCUT2D eigenvalue weighted by atomic mass is 9.91. The van der Waals surface area contributed by atoms with E-state index in [1.807, 2.05) is 39.6 Å². The number of carbonyl (C=O) groups is 1. The number of carbonyl (C=O) groups excluding carboxylic acids is 1. The number of nitrogens with zero attached hydrogens (tertiary/aromatic N) is 4. The summed E-state index contributed by atoms with van der Waals surface area (Å²) < 4.78 is 30.2. The summed E-state index contributed by atoms with van der Waals surface area (Å²) in [6.45, 7) is 8.54. The van der Waals surface area contributed by atoms with Gasteiger partial charge in [0.25, 0.3) is 0 Å². The molecule has 1 N–H and O–H groups in total. The zero-order chi connectivity index (χ0) is 22.0. The molecule has 0 aliphatic carbocycles. The summed E-state index contributed by atoms with van der Waals surface area (Å²) in [4.78, 5) is 19.0. The first-order valence-corrected chi connectivity index (χ1v) is 11.5. The van der Waals surface area contributed by atoms with Crippen molar-refractivity contribution in [3.8, 4) is 0 Å². The first kappa shape index (κ1) is 23.5. The molecule has 1 amide bonds. The van der Waals surface area contributed by atoms with Gasteiger partial charge in [-0.2, -0.15) is 0 Å². The Morgan fingerprint density at radius 1 is 1.34 bits per heavy atom. The van der Waals surface area contributed by atoms with Crippen molar-refractivity contribution in [3.05, 3.63) is 11.8 Å². The van der Waals surface area contributed by atoms with Crippen molar-refractivity contribution in [2.24, 2.45) is 4.99 Å². The maximum atomic E-state index is 13.0. The molecule has 0 aromatic carbocycles. The van der Waals surface area contributed by atoms with Crippen molar-refractivity contribution < 1.29 is 17.7 Å². The van der Waals surface area contributed by atoms with E-state index < -0.39 is 21.0 Å². The van der Waals surface area contributed by atoms with Crippen LogP contribution in [-0.4, -0.2) is 79.9 Å². The van der Waals surface area contributed by atoms with Crippen molar-refractivity contribution >= 4 is 28.0 Å². The van der Waals surface area contributed by atoms with Gasteiger partial charge in [-0.1, -0.05) is 5.16 Å². The van der Waals surface area contributed by atoms with Crippen LogP contribution in [0.25, 0.3) is 0 Å². The fraction of sp³-hybridized carbons (Fsp3) is 0.737. The van der Waals surface area contributed by atoms with E-state index in [9.17, 15) is 13.2 Å². The number of nitrogens with one attached hydrogen (secondary N) is 1. The molecular weight excluding hydrogens is 394 g/mol. The Bertz CT molecular complexity index is 852. The van der Waals surface area contributed by atoms with E-state index in [1.165, 1.54) is 10.6 Å². The molecule has 10 heteroatoms. The highest BCUT2D eigenvalue weighted by atomic mass is 32.2. The van der Waals surface area contributed by atoms with Gasteiger partial charge in [-0.15, -0.1) is 0 Å². The van der Waals surface area contributed by atoms with E-state index in [-0.39, 0.29) is 17.8 Å². The third-order valence-electron chi connectivity index (χ3n) is 5.74. The Hall–Kier alpha value is -1.78. The van der Waals surface area contributed by atoms with Gasteiger partial charge >= 0.3 is 0 Å². The molecule has 2 rings (SSSR count). The number of rotatable bonds is 7. The van der Waals surface area contributed by atoms with Gasteiger partial charge in [0.2, 0.25) is 21.8 Å². The van der Waals surface area contributed by atoms with Gasteiger partial charge in [-0.25, -0.2) is 12.7 Å². The molecule has 29 heavy (non-hydrogen) atoms. The van der Waals surface area contributed by atoms with Crippen molar-refractivity contribution in [1.82, 2.24) is 14.4 Å². The van der Waals surface area contributed by atoms with Crippen LogP contribution in [0.3, 0.4) is 0 Å². The molecule has 164 valence electrons. The first-order chi connectivity index (χ1) is 13.3. The molecule has 0 bridgehead atoms. The van der Waals surface area contributed by atoms with Crippen LogP contribution < -0.4 is 5.32 Å². The van der Waals surface area contributed by atoms with Gasteiger partial charge in [0.1, 0.15) is 0 Å². The molecule has 0 saturated carbocycles. The Labute approximate surface area is 173 Å². The van der Waals surface area contributed by atoms with Crippen LogP contribution in [0.4, 0.5) is 5.88 Å². The van der Waals surface area contributed by atoms with Crippen LogP contribution in [0.15, 0.2) is 15.6 Å². The second-order valence-corrected chi connectivity index (χ2v) is 10.7. The van der Waals surface area contributed by atoms with Crippen LogP contribution in [0.1, 0.15) is 46.2 Å². The minimum atomic E-state index is -3.17. The number of hydrogen-bond acceptors (Lipinski definition) is 7. The quantitative estimate of drug-likeness (QED) is 0.664. The third-order valence-corrected chi connectivity index (χ3v) is 7.04. The van der Waals surface area contributed by atoms with Gasteiger partial charge in [0, 0.05) is 43.9 Å². The fourth-order valence-electron chi connectivity index (χ4n) is 3.47. The zero-order valence-corrected chi connectivity index (χ0v) is 19.2. The van der Waals surface area contributed by atoms with Crippen LogP contribution in [0, 0.1) is 0 Å². The average Bonchev–Trinajstić information content (AvgIpc) is 3.10. The normalized spacial score (nSPS) is 17.9. The van der Waals surface area contributed by atoms with Gasteiger partial charge in [-0.05, 0) is 47.6 Å². The Morgan fingerprint density at radius 2 is 1.93 bits per heavy atom. The molecule has 1 fully saturated rings. The van der Waals surface area contributed by atoms with E-state index in [1.54, 1.807) is 19.3 Å². The van der Waals surface area contributed by atoms with Crippen molar-refractivity contribution in [3.63, 3.8) is 0 Å². The fourth-order valence-corrected chi connectivity index (χ4v) is 4.34. The van der Waals surface area contributed by atoms with Gasteiger partial charge in [0.15, 0.2) is 0 Å². The Kier molecular flexibility index (Phi) is 6.91. The molecule has 1 aromatic rings. The SMILES string of the molecule is CN=CC(C)(C)c1cc(NC(=O)C(C)(C)N(C)C2CCN(S(C)(=O)=O)CC2)on1. The second-order valence-electron chi connectivity index (χ2n) is 8.70. The molecule has 1 aromatic heterocycles. The number of piperidine rings is 1. The standard InChI is InChI=1S/C19H33N5O4S/c1-18(2,13-20-5)15-12-16(28-22-15)21-17(25)19(3,4)23(6)14-8-10-24(11-9-14)29(7,26)27/h12-14H,8-11H2,1-7H3,(H,21,25). The predicted octanol–water partition coefficient (Wildman–Crippen LogP) is 1.73. The van der Waals surface area contributed by atoms with Gasteiger partial charge in [-0.3, -0.25) is 20.0 Å². The molecule has 0 radical (unpaired) electrons. The monoisotopic (exact) mass is 427 g/mol. The first-order valence-electron chi connectivity index (χ1n) is 9.69. The number of hydrogen-bond donors (Lipinski definition) is 1. The maximum Gasteiger partial charge on any atom is 0.246 e. The molecule has 1 aliphatic heterocycles. The minimum absolute atomic E-state index is 0.110. The Balaban J connectivity index is 2.04. The summed E-state index contributed by atoms with van der Waals surface area (Å²) in [7, 11) is 0.419. The number of amides is 1. The minimum Gasteiger partial charge on any atom is -0.338 e. The Morgan fingerprint density at radius 3 is 2.45 bits per heavy atom. The number of sulfonamides is 1. The van der Waals surface area contributed by atoms with E-state index >= 15 is 0 Å². The third kappa shape index (κ3) is 5.43. The van der Waals surface area contributed by atoms with Crippen LogP contribution in [0.5, 0.6) is 0 Å². The molecule has 0 unspecified atom stereocenters. The van der Waals surface area contributed by atoms with E-state index in [0.29, 0.717) is 31.6 Å². The molecule has 1 aliphatic rings. The number of aliphatic imine (C=N–C) groups is 1. The number of likely N-dealkylation sites (N-methyl/N-ethyl adjacent to an activating group) is 1. The van der Waals surface area contributed by atoms with Crippen molar-refractivity contribution in [2.75, 3.05) is 38.8 Å². The number of anilines is 1. The lowest BCUT2D eigenvalue weighted by Crippen LogP contribution is -2.57. The highest BCUT2D eigenvalue weighted by molar-refractivity contribution is 7.88. The molecule has 0 spiro atoms. The lowest BCUT2D eigenvalue weighted by Gasteiger charge is -2.43. The molecule has 2 heterocycles. The highest BCUT2D eigenvalue weighted by Gasteiger charge is 2.39. The summed E-state index contributed by atoms with van der Waals surface area (Å²) in [5.41, 5.74) is -0.537. The van der Waals surface area contributed by atoms with E-state index in [2.05, 4.69) is 15.5 Å². The van der Waals surface area contributed by atoms with E-state index in [0.717, 1.165) is 0 Å². The van der Waals surface area contributed by atoms with Crippen LogP contribution in [0.2, 0.25) is 0 Å².